The van der Waals surface area contributed by atoms with Crippen LogP contribution < -0.4 is 4.74 Å². The van der Waals surface area contributed by atoms with Crippen molar-refractivity contribution in [2.24, 2.45) is 0 Å². The summed E-state index contributed by atoms with van der Waals surface area (Å²) in [5, 5.41) is 7.34. The number of aryl methyl sites for hydroxylation is 1. The molecule has 2 aromatic carbocycles. The average molecular weight is 357 g/mol. The van der Waals surface area contributed by atoms with Crippen LogP contribution in [0.25, 0.3) is 0 Å². The number of aromatic amines is 1. The van der Waals surface area contributed by atoms with Gasteiger partial charge in [-0.15, -0.1) is 5.10 Å². The number of hydrogen-bond acceptors (Lipinski definition) is 5. The van der Waals surface area contributed by atoms with Crippen LogP contribution in [0.4, 0.5) is 4.39 Å². The molecule has 1 heterocycles. The molecule has 0 amide bonds. The number of ketones is 1. The normalized spacial score (nSPS) is 10.6. The lowest BCUT2D eigenvalue weighted by Crippen LogP contribution is -2.02. The van der Waals surface area contributed by atoms with Gasteiger partial charge in [0.1, 0.15) is 18.2 Å². The maximum absolute atomic E-state index is 12.9. The Morgan fingerprint density at radius 1 is 1.20 bits per heavy atom. The summed E-state index contributed by atoms with van der Waals surface area (Å²) >= 11 is 1.22. The van der Waals surface area contributed by atoms with E-state index >= 15 is 0 Å². The molecular weight excluding hydrogens is 341 g/mol. The monoisotopic (exact) mass is 357 g/mol. The second kappa shape index (κ2) is 7.94. The molecule has 0 atom stereocenters. The summed E-state index contributed by atoms with van der Waals surface area (Å²) in [5.41, 5.74) is 1.51. The van der Waals surface area contributed by atoms with E-state index in [1.165, 1.54) is 36.0 Å². The van der Waals surface area contributed by atoms with E-state index in [-0.39, 0.29) is 24.0 Å². The summed E-state index contributed by atoms with van der Waals surface area (Å²) in [6.07, 6.45) is 0. The maximum Gasteiger partial charge on any atom is 0.208 e. The number of hydrogen-bond donors (Lipinski definition) is 1. The molecular formula is C18H16FN3O2S. The topological polar surface area (TPSA) is 67.9 Å². The molecule has 0 saturated carbocycles. The summed E-state index contributed by atoms with van der Waals surface area (Å²) < 4.78 is 18.6. The molecule has 0 unspecified atom stereocenters. The molecule has 0 radical (unpaired) electrons. The minimum atomic E-state index is -0.364. The molecule has 0 aliphatic carbocycles. The fourth-order valence-electron chi connectivity index (χ4n) is 2.12. The van der Waals surface area contributed by atoms with Gasteiger partial charge in [0, 0.05) is 5.56 Å². The predicted octanol–water partition coefficient (Wildman–Crippen LogP) is 3.81. The number of ether oxygens (including phenoxy) is 1. The highest BCUT2D eigenvalue weighted by atomic mass is 32.2. The largest absolute Gasteiger partial charge is 0.485 e. The first-order chi connectivity index (χ1) is 12.1. The molecule has 0 spiro atoms. The van der Waals surface area contributed by atoms with E-state index in [9.17, 15) is 9.18 Å². The highest BCUT2D eigenvalue weighted by Crippen LogP contribution is 2.18. The standard InChI is InChI=1S/C18H16FN3O2S/c1-12-4-2-3-5-16(12)24-10-17-20-18(22-21-17)25-11-15(23)13-6-8-14(19)9-7-13/h2-9H,10-11H2,1H3,(H,20,21,22). The second-order valence-corrected chi connectivity index (χ2v) is 6.28. The summed E-state index contributed by atoms with van der Waals surface area (Å²) in [5.74, 6) is 1.09. The van der Waals surface area contributed by atoms with Crippen molar-refractivity contribution in [3.63, 3.8) is 0 Å². The van der Waals surface area contributed by atoms with E-state index in [0.717, 1.165) is 11.3 Å². The van der Waals surface area contributed by atoms with Gasteiger partial charge in [-0.1, -0.05) is 30.0 Å². The number of nitrogens with zero attached hydrogens (tertiary/aromatic N) is 2. The number of carbonyl (C=O) groups excluding carboxylic acids is 1. The fraction of sp³-hybridized carbons (Fsp3) is 0.167. The predicted molar refractivity (Wildman–Crippen MR) is 93.3 cm³/mol. The van der Waals surface area contributed by atoms with Crippen molar-refractivity contribution in [3.8, 4) is 5.75 Å². The third-order valence-corrected chi connectivity index (χ3v) is 4.32. The minimum Gasteiger partial charge on any atom is -0.485 e. The average Bonchev–Trinajstić information content (AvgIpc) is 3.07. The molecule has 1 N–H and O–H groups in total. The van der Waals surface area contributed by atoms with Crippen LogP contribution in [-0.2, 0) is 6.61 Å². The van der Waals surface area contributed by atoms with Crippen molar-refractivity contribution < 1.29 is 13.9 Å². The Labute approximate surface area is 148 Å². The van der Waals surface area contributed by atoms with Gasteiger partial charge in [-0.25, -0.2) is 9.37 Å². The number of nitrogens with one attached hydrogen (secondary N) is 1. The zero-order valence-electron chi connectivity index (χ0n) is 13.5. The lowest BCUT2D eigenvalue weighted by Gasteiger charge is -2.06. The Bertz CT molecular complexity index is 865. The van der Waals surface area contributed by atoms with Gasteiger partial charge in [0.05, 0.1) is 5.75 Å². The Balaban J connectivity index is 1.52. The second-order valence-electron chi connectivity index (χ2n) is 5.34. The third kappa shape index (κ3) is 4.67. The van der Waals surface area contributed by atoms with Crippen LogP contribution >= 0.6 is 11.8 Å². The number of rotatable bonds is 7. The van der Waals surface area contributed by atoms with E-state index in [1.807, 2.05) is 31.2 Å². The number of para-hydroxylation sites is 1. The molecule has 7 heteroatoms. The van der Waals surface area contributed by atoms with Crippen LogP contribution in [-0.4, -0.2) is 26.7 Å². The van der Waals surface area contributed by atoms with Gasteiger partial charge in [-0.2, -0.15) is 0 Å². The summed E-state index contributed by atoms with van der Waals surface area (Å²) in [7, 11) is 0. The van der Waals surface area contributed by atoms with Gasteiger partial charge in [0.15, 0.2) is 11.6 Å². The van der Waals surface area contributed by atoms with Gasteiger partial charge >= 0.3 is 0 Å². The summed E-state index contributed by atoms with van der Waals surface area (Å²) in [6, 6.07) is 13.2. The Kier molecular flexibility index (Phi) is 5.45. The number of benzene rings is 2. The number of Topliss-reactive ketones (excluding diaryl/α,β-unsaturated/α-hetero) is 1. The molecule has 5 nitrogen and oxygen atoms in total. The molecule has 3 aromatic rings. The highest BCUT2D eigenvalue weighted by Gasteiger charge is 2.10. The van der Waals surface area contributed by atoms with Crippen LogP contribution in [0.3, 0.4) is 0 Å². The Morgan fingerprint density at radius 2 is 1.96 bits per heavy atom. The third-order valence-electron chi connectivity index (χ3n) is 3.47. The smallest absolute Gasteiger partial charge is 0.208 e. The van der Waals surface area contributed by atoms with E-state index in [4.69, 9.17) is 4.74 Å². The van der Waals surface area contributed by atoms with Crippen molar-refractivity contribution in [3.05, 3.63) is 71.3 Å². The number of H-pyrrole nitrogens is 1. The fourth-order valence-corrected chi connectivity index (χ4v) is 2.83. The molecule has 0 bridgehead atoms. The number of halogens is 1. The Hall–Kier alpha value is -2.67. The van der Waals surface area contributed by atoms with Crippen molar-refractivity contribution in [2.45, 2.75) is 18.7 Å². The summed E-state index contributed by atoms with van der Waals surface area (Å²) in [6.45, 7) is 2.24. The Morgan fingerprint density at radius 3 is 2.72 bits per heavy atom. The summed E-state index contributed by atoms with van der Waals surface area (Å²) in [4.78, 5) is 16.3. The van der Waals surface area contributed by atoms with Crippen molar-refractivity contribution in [1.29, 1.82) is 0 Å². The zero-order valence-corrected chi connectivity index (χ0v) is 14.3. The first-order valence-corrected chi connectivity index (χ1v) is 8.61. The van der Waals surface area contributed by atoms with Gasteiger partial charge in [0.25, 0.3) is 0 Å². The van der Waals surface area contributed by atoms with E-state index < -0.39 is 0 Å². The van der Waals surface area contributed by atoms with Gasteiger partial charge in [0.2, 0.25) is 5.16 Å². The molecule has 128 valence electrons. The van der Waals surface area contributed by atoms with Crippen molar-refractivity contribution >= 4 is 17.5 Å². The molecule has 3 rings (SSSR count). The lowest BCUT2D eigenvalue weighted by atomic mass is 10.1. The molecule has 0 fully saturated rings. The van der Waals surface area contributed by atoms with Crippen LogP contribution in [0, 0.1) is 12.7 Å². The highest BCUT2D eigenvalue weighted by molar-refractivity contribution is 7.99. The van der Waals surface area contributed by atoms with Gasteiger partial charge in [-0.05, 0) is 42.8 Å². The molecule has 0 aliphatic rings. The van der Waals surface area contributed by atoms with E-state index in [2.05, 4.69) is 15.2 Å². The van der Waals surface area contributed by atoms with E-state index in [0.29, 0.717) is 16.5 Å². The molecule has 25 heavy (non-hydrogen) atoms. The van der Waals surface area contributed by atoms with Gasteiger partial charge < -0.3 is 4.74 Å². The first-order valence-electron chi connectivity index (χ1n) is 7.63. The quantitative estimate of drug-likeness (QED) is 0.514. The number of thioether (sulfide) groups is 1. The minimum absolute atomic E-state index is 0.104. The first kappa shape index (κ1) is 17.2. The maximum atomic E-state index is 12.9. The lowest BCUT2D eigenvalue weighted by molar-refractivity contribution is 0.102. The zero-order chi connectivity index (χ0) is 17.6. The van der Waals surface area contributed by atoms with Gasteiger partial charge in [-0.3, -0.25) is 9.89 Å². The van der Waals surface area contributed by atoms with Crippen LogP contribution in [0.2, 0.25) is 0 Å². The molecule has 0 saturated heterocycles. The molecule has 0 aliphatic heterocycles. The van der Waals surface area contributed by atoms with Crippen molar-refractivity contribution in [2.75, 3.05) is 5.75 Å². The SMILES string of the molecule is Cc1ccccc1OCc1nc(SCC(=O)c2ccc(F)cc2)n[nH]1. The van der Waals surface area contributed by atoms with Crippen LogP contribution in [0.5, 0.6) is 5.75 Å². The van der Waals surface area contributed by atoms with E-state index in [1.54, 1.807) is 0 Å². The molecule has 1 aromatic heterocycles. The van der Waals surface area contributed by atoms with Crippen LogP contribution in [0.15, 0.2) is 53.7 Å². The van der Waals surface area contributed by atoms with Crippen molar-refractivity contribution in [1.82, 2.24) is 15.2 Å². The van der Waals surface area contributed by atoms with Crippen LogP contribution in [0.1, 0.15) is 21.7 Å². The number of aromatic nitrogens is 3. The number of carbonyl (C=O) groups is 1.